The second kappa shape index (κ2) is 5.09. The Kier molecular flexibility index (Phi) is 3.50. The van der Waals surface area contributed by atoms with Crippen molar-refractivity contribution in [3.63, 3.8) is 0 Å². The van der Waals surface area contributed by atoms with Crippen LogP contribution in [0.4, 0.5) is 0 Å². The number of carbonyl (C=O) groups excluding carboxylic acids is 2. The minimum Gasteiger partial charge on any atom is -0.357 e. The lowest BCUT2D eigenvalue weighted by Gasteiger charge is -2.12. The number of aryl methyl sites for hydroxylation is 1. The van der Waals surface area contributed by atoms with Gasteiger partial charge in [0.1, 0.15) is 17.4 Å². The van der Waals surface area contributed by atoms with Gasteiger partial charge in [0.25, 0.3) is 5.91 Å². The first-order chi connectivity index (χ1) is 9.04. The number of fused-ring (bicyclic) bond motifs is 1. The first-order valence-corrected chi connectivity index (χ1v) is 6.00. The van der Waals surface area contributed by atoms with Crippen molar-refractivity contribution >= 4 is 17.5 Å². The topological polar surface area (TPSA) is 75.5 Å². The van der Waals surface area contributed by atoms with Gasteiger partial charge in [-0.05, 0) is 26.0 Å². The molecule has 0 spiro atoms. The van der Waals surface area contributed by atoms with E-state index in [1.54, 1.807) is 24.4 Å². The molecule has 0 aliphatic heterocycles. The molecule has 0 bridgehead atoms. The number of hydrogen-bond acceptors (Lipinski definition) is 3. The molecule has 0 aromatic carbocycles. The van der Waals surface area contributed by atoms with Crippen LogP contribution in [0, 0.1) is 6.92 Å². The van der Waals surface area contributed by atoms with Crippen LogP contribution in [0.5, 0.6) is 0 Å². The Morgan fingerprint density at radius 3 is 2.79 bits per heavy atom. The van der Waals surface area contributed by atoms with E-state index in [2.05, 4.69) is 15.6 Å². The third-order valence-electron chi connectivity index (χ3n) is 2.91. The van der Waals surface area contributed by atoms with E-state index in [-0.39, 0.29) is 11.8 Å². The normalized spacial score (nSPS) is 12.2. The number of hydrogen-bond donors (Lipinski definition) is 2. The van der Waals surface area contributed by atoms with Crippen LogP contribution in [0.25, 0.3) is 5.65 Å². The van der Waals surface area contributed by atoms with Crippen molar-refractivity contribution in [2.45, 2.75) is 19.9 Å². The summed E-state index contributed by atoms with van der Waals surface area (Å²) in [5, 5.41) is 5.15. The first kappa shape index (κ1) is 13.1. The predicted octanol–water partition coefficient (Wildman–Crippen LogP) is 0.507. The molecule has 19 heavy (non-hydrogen) atoms. The fourth-order valence-electron chi connectivity index (χ4n) is 1.93. The van der Waals surface area contributed by atoms with E-state index in [9.17, 15) is 9.59 Å². The van der Waals surface area contributed by atoms with Crippen LogP contribution in [0.3, 0.4) is 0 Å². The average molecular weight is 260 g/mol. The molecule has 2 heterocycles. The zero-order valence-electron chi connectivity index (χ0n) is 11.1. The standard InChI is InChI=1S/C13H16N4O2/c1-8-11(13(19)16-9(2)12(18)14-3)17-7-5-4-6-10(17)15-8/h4-7,9H,1-3H3,(H,14,18)(H,16,19)/t9-/m0/s1. The van der Waals surface area contributed by atoms with Crippen molar-refractivity contribution in [2.75, 3.05) is 7.05 Å². The third-order valence-corrected chi connectivity index (χ3v) is 2.91. The lowest BCUT2D eigenvalue weighted by molar-refractivity contribution is -0.122. The molecule has 0 aliphatic rings. The van der Waals surface area contributed by atoms with Gasteiger partial charge in [0.2, 0.25) is 5.91 Å². The van der Waals surface area contributed by atoms with Crippen LogP contribution < -0.4 is 10.6 Å². The van der Waals surface area contributed by atoms with Gasteiger partial charge in [0.15, 0.2) is 0 Å². The maximum Gasteiger partial charge on any atom is 0.270 e. The van der Waals surface area contributed by atoms with Crippen LogP contribution in [0.15, 0.2) is 24.4 Å². The summed E-state index contributed by atoms with van der Waals surface area (Å²) in [4.78, 5) is 27.9. The Morgan fingerprint density at radius 2 is 2.11 bits per heavy atom. The molecule has 0 aliphatic carbocycles. The van der Waals surface area contributed by atoms with Crippen molar-refractivity contribution in [3.8, 4) is 0 Å². The summed E-state index contributed by atoms with van der Waals surface area (Å²) in [6, 6.07) is 4.92. The number of nitrogens with zero attached hydrogens (tertiary/aromatic N) is 2. The highest BCUT2D eigenvalue weighted by Gasteiger charge is 2.20. The van der Waals surface area contributed by atoms with Gasteiger partial charge in [-0.2, -0.15) is 0 Å². The number of nitrogens with one attached hydrogen (secondary N) is 2. The van der Waals surface area contributed by atoms with E-state index >= 15 is 0 Å². The Bertz CT molecular complexity index is 633. The summed E-state index contributed by atoms with van der Waals surface area (Å²) >= 11 is 0. The van der Waals surface area contributed by atoms with Crippen molar-refractivity contribution < 1.29 is 9.59 Å². The van der Waals surface area contributed by atoms with E-state index in [1.807, 2.05) is 18.2 Å². The number of aromatic nitrogens is 2. The summed E-state index contributed by atoms with van der Waals surface area (Å²) in [5.74, 6) is -0.549. The fraction of sp³-hybridized carbons (Fsp3) is 0.308. The average Bonchev–Trinajstić information content (AvgIpc) is 2.73. The van der Waals surface area contributed by atoms with Crippen molar-refractivity contribution in [1.82, 2.24) is 20.0 Å². The molecule has 0 saturated heterocycles. The van der Waals surface area contributed by atoms with E-state index < -0.39 is 6.04 Å². The molecular formula is C13H16N4O2. The highest BCUT2D eigenvalue weighted by molar-refractivity contribution is 5.97. The number of likely N-dealkylation sites (N-methyl/N-ethyl adjacent to an activating group) is 1. The minimum atomic E-state index is -0.592. The Labute approximate surface area is 110 Å². The molecule has 0 saturated carbocycles. The van der Waals surface area contributed by atoms with Crippen LogP contribution in [-0.2, 0) is 4.79 Å². The molecule has 0 radical (unpaired) electrons. The maximum atomic E-state index is 12.2. The van der Waals surface area contributed by atoms with Crippen LogP contribution in [0.2, 0.25) is 0 Å². The van der Waals surface area contributed by atoms with Gasteiger partial charge in [-0.1, -0.05) is 6.07 Å². The smallest absolute Gasteiger partial charge is 0.270 e. The molecule has 0 fully saturated rings. The summed E-state index contributed by atoms with van der Waals surface area (Å²) in [5.41, 5.74) is 1.79. The largest absolute Gasteiger partial charge is 0.357 e. The number of carbonyl (C=O) groups is 2. The van der Waals surface area contributed by atoms with Crippen LogP contribution in [0.1, 0.15) is 23.1 Å². The van der Waals surface area contributed by atoms with Gasteiger partial charge >= 0.3 is 0 Å². The molecule has 2 aromatic rings. The number of rotatable bonds is 3. The highest BCUT2D eigenvalue weighted by Crippen LogP contribution is 2.11. The molecule has 6 heteroatoms. The molecule has 2 N–H and O–H groups in total. The van der Waals surface area contributed by atoms with E-state index in [1.165, 1.54) is 7.05 Å². The Morgan fingerprint density at radius 1 is 1.37 bits per heavy atom. The van der Waals surface area contributed by atoms with E-state index in [0.717, 1.165) is 0 Å². The number of amides is 2. The molecule has 6 nitrogen and oxygen atoms in total. The molecule has 100 valence electrons. The molecule has 2 amide bonds. The monoisotopic (exact) mass is 260 g/mol. The third kappa shape index (κ3) is 2.42. The van der Waals surface area contributed by atoms with E-state index in [0.29, 0.717) is 17.0 Å². The summed E-state index contributed by atoms with van der Waals surface area (Å²) in [7, 11) is 1.53. The quantitative estimate of drug-likeness (QED) is 0.844. The van der Waals surface area contributed by atoms with Gasteiger partial charge in [-0.25, -0.2) is 4.98 Å². The van der Waals surface area contributed by atoms with Crippen molar-refractivity contribution in [3.05, 3.63) is 35.8 Å². The molecule has 1 atom stereocenters. The lowest BCUT2D eigenvalue weighted by atomic mass is 10.2. The maximum absolute atomic E-state index is 12.2. The SMILES string of the molecule is CNC(=O)[C@H](C)NC(=O)c1c(C)nc2ccccn12. The zero-order valence-corrected chi connectivity index (χ0v) is 11.1. The number of imidazole rings is 1. The van der Waals surface area contributed by atoms with Gasteiger partial charge in [0.05, 0.1) is 5.69 Å². The van der Waals surface area contributed by atoms with Gasteiger partial charge in [0, 0.05) is 13.2 Å². The summed E-state index contributed by atoms with van der Waals surface area (Å²) < 4.78 is 1.71. The molecule has 2 aromatic heterocycles. The van der Waals surface area contributed by atoms with Crippen molar-refractivity contribution in [2.24, 2.45) is 0 Å². The van der Waals surface area contributed by atoms with Gasteiger partial charge in [-0.3, -0.25) is 14.0 Å². The Balaban J connectivity index is 2.31. The summed E-state index contributed by atoms with van der Waals surface area (Å²) in [6.45, 7) is 3.40. The predicted molar refractivity (Wildman–Crippen MR) is 70.9 cm³/mol. The Hall–Kier alpha value is -2.37. The number of pyridine rings is 1. The van der Waals surface area contributed by atoms with Gasteiger partial charge in [-0.15, -0.1) is 0 Å². The second-order valence-corrected chi connectivity index (χ2v) is 4.28. The molecule has 0 unspecified atom stereocenters. The molecular weight excluding hydrogens is 244 g/mol. The fourth-order valence-corrected chi connectivity index (χ4v) is 1.93. The van der Waals surface area contributed by atoms with Gasteiger partial charge < -0.3 is 10.6 Å². The second-order valence-electron chi connectivity index (χ2n) is 4.28. The highest BCUT2D eigenvalue weighted by atomic mass is 16.2. The van der Waals surface area contributed by atoms with Crippen LogP contribution >= 0.6 is 0 Å². The summed E-state index contributed by atoms with van der Waals surface area (Å²) in [6.07, 6.45) is 1.77. The minimum absolute atomic E-state index is 0.236. The zero-order chi connectivity index (χ0) is 14.0. The first-order valence-electron chi connectivity index (χ1n) is 6.00. The molecule has 2 rings (SSSR count). The lowest BCUT2D eigenvalue weighted by Crippen LogP contribution is -2.44. The van der Waals surface area contributed by atoms with E-state index in [4.69, 9.17) is 0 Å². The van der Waals surface area contributed by atoms with Crippen LogP contribution in [-0.4, -0.2) is 34.3 Å². The van der Waals surface area contributed by atoms with Crippen molar-refractivity contribution in [1.29, 1.82) is 0 Å².